The van der Waals surface area contributed by atoms with Crippen molar-refractivity contribution in [1.29, 1.82) is 0 Å². The number of hydrogen-bond acceptors (Lipinski definition) is 5. The van der Waals surface area contributed by atoms with Crippen molar-refractivity contribution in [3.05, 3.63) is 33.9 Å². The van der Waals surface area contributed by atoms with Crippen LogP contribution in [0.2, 0.25) is 0 Å². The topological polar surface area (TPSA) is 102 Å². The molecule has 0 bridgehead atoms. The Bertz CT molecular complexity index is 447. The number of carbonyl (C=O) groups excluding carboxylic acids is 1. The molecule has 0 heterocycles. The summed E-state index contributed by atoms with van der Waals surface area (Å²) in [6, 6.07) is 3.84. The van der Waals surface area contributed by atoms with E-state index in [-0.39, 0.29) is 29.5 Å². The molecule has 7 nitrogen and oxygen atoms in total. The largest absolute Gasteiger partial charge is 0.483 e. The van der Waals surface area contributed by atoms with Gasteiger partial charge in [0.1, 0.15) is 5.75 Å². The molecule has 1 aromatic rings. The standard InChI is InChI=1S/C11H14N2O5/c1-2-12-11(15)7-18-10-4-3-9(13(16)17)5-8(10)6-14/h3-5,14H,2,6-7H2,1H3,(H,12,15). The van der Waals surface area contributed by atoms with Crippen LogP contribution in [0.3, 0.4) is 0 Å². The smallest absolute Gasteiger partial charge is 0.270 e. The van der Waals surface area contributed by atoms with Crippen LogP contribution in [0, 0.1) is 10.1 Å². The van der Waals surface area contributed by atoms with Crippen molar-refractivity contribution in [2.24, 2.45) is 0 Å². The summed E-state index contributed by atoms with van der Waals surface area (Å²) >= 11 is 0. The second-order valence-electron chi connectivity index (χ2n) is 3.45. The van der Waals surface area contributed by atoms with Gasteiger partial charge in [-0.15, -0.1) is 0 Å². The van der Waals surface area contributed by atoms with Crippen molar-refractivity contribution in [2.75, 3.05) is 13.2 Å². The lowest BCUT2D eigenvalue weighted by molar-refractivity contribution is -0.385. The normalized spacial score (nSPS) is 9.89. The molecule has 7 heteroatoms. The van der Waals surface area contributed by atoms with Gasteiger partial charge in [-0.25, -0.2) is 0 Å². The molecule has 1 rings (SSSR count). The molecule has 0 aliphatic carbocycles. The van der Waals surface area contributed by atoms with Crippen molar-refractivity contribution in [3.8, 4) is 5.75 Å². The fourth-order valence-electron chi connectivity index (χ4n) is 1.34. The maximum Gasteiger partial charge on any atom is 0.270 e. The number of rotatable bonds is 6. The second-order valence-corrected chi connectivity index (χ2v) is 3.45. The van der Waals surface area contributed by atoms with Crippen LogP contribution >= 0.6 is 0 Å². The van der Waals surface area contributed by atoms with Crippen molar-refractivity contribution >= 4 is 11.6 Å². The molecule has 1 aromatic carbocycles. The van der Waals surface area contributed by atoms with E-state index in [4.69, 9.17) is 9.84 Å². The van der Waals surface area contributed by atoms with Gasteiger partial charge in [0.05, 0.1) is 11.5 Å². The maximum absolute atomic E-state index is 11.2. The highest BCUT2D eigenvalue weighted by molar-refractivity contribution is 5.77. The summed E-state index contributed by atoms with van der Waals surface area (Å²) in [7, 11) is 0. The number of carbonyl (C=O) groups is 1. The highest BCUT2D eigenvalue weighted by atomic mass is 16.6. The number of amides is 1. The first-order chi connectivity index (χ1) is 8.58. The average molecular weight is 254 g/mol. The van der Waals surface area contributed by atoms with E-state index in [1.807, 2.05) is 0 Å². The number of ether oxygens (including phenoxy) is 1. The molecule has 0 aliphatic heterocycles. The summed E-state index contributed by atoms with van der Waals surface area (Å²) in [5, 5.41) is 22.2. The quantitative estimate of drug-likeness (QED) is 0.571. The second kappa shape index (κ2) is 6.55. The van der Waals surface area contributed by atoms with Crippen LogP contribution in [0.4, 0.5) is 5.69 Å². The van der Waals surface area contributed by atoms with Crippen LogP contribution in [-0.2, 0) is 11.4 Å². The number of benzene rings is 1. The van der Waals surface area contributed by atoms with Gasteiger partial charge in [0.25, 0.3) is 11.6 Å². The number of likely N-dealkylation sites (N-methyl/N-ethyl adjacent to an activating group) is 1. The molecule has 2 N–H and O–H groups in total. The van der Waals surface area contributed by atoms with Crippen LogP contribution < -0.4 is 10.1 Å². The fraction of sp³-hybridized carbons (Fsp3) is 0.364. The Hall–Kier alpha value is -2.15. The molecule has 1 amide bonds. The summed E-state index contributed by atoms with van der Waals surface area (Å²) < 4.78 is 5.18. The van der Waals surface area contributed by atoms with Gasteiger partial charge in [-0.1, -0.05) is 0 Å². The van der Waals surface area contributed by atoms with Crippen LogP contribution in [0.25, 0.3) is 0 Å². The van der Waals surface area contributed by atoms with Gasteiger partial charge >= 0.3 is 0 Å². The SMILES string of the molecule is CCNC(=O)COc1ccc([N+](=O)[O-])cc1CO. The van der Waals surface area contributed by atoms with Gasteiger partial charge in [-0.2, -0.15) is 0 Å². The Labute approximate surface area is 104 Å². The zero-order valence-corrected chi connectivity index (χ0v) is 9.88. The first kappa shape index (κ1) is 13.9. The lowest BCUT2D eigenvalue weighted by Gasteiger charge is -2.09. The summed E-state index contributed by atoms with van der Waals surface area (Å²) in [4.78, 5) is 21.2. The Kier molecular flexibility index (Phi) is 5.06. The summed E-state index contributed by atoms with van der Waals surface area (Å²) in [5.41, 5.74) is 0.137. The Balaban J connectivity index is 2.76. The van der Waals surface area contributed by atoms with Crippen molar-refractivity contribution in [3.63, 3.8) is 0 Å². The monoisotopic (exact) mass is 254 g/mol. The summed E-state index contributed by atoms with van der Waals surface area (Å²) in [6.07, 6.45) is 0. The number of nitro benzene ring substituents is 1. The minimum Gasteiger partial charge on any atom is -0.483 e. The van der Waals surface area contributed by atoms with Gasteiger partial charge in [0, 0.05) is 24.2 Å². The van der Waals surface area contributed by atoms with Crippen LogP contribution in [0.15, 0.2) is 18.2 Å². The average Bonchev–Trinajstić information content (AvgIpc) is 2.36. The van der Waals surface area contributed by atoms with Gasteiger partial charge in [0.15, 0.2) is 6.61 Å². The molecule has 0 saturated carbocycles. The molecule has 0 fully saturated rings. The van der Waals surface area contributed by atoms with Crippen molar-refractivity contribution in [2.45, 2.75) is 13.5 Å². The van der Waals surface area contributed by atoms with Crippen LogP contribution in [0.1, 0.15) is 12.5 Å². The minimum absolute atomic E-state index is 0.135. The number of nitrogens with zero attached hydrogens (tertiary/aromatic N) is 1. The first-order valence-corrected chi connectivity index (χ1v) is 5.36. The third-order valence-corrected chi connectivity index (χ3v) is 2.16. The number of nitro groups is 1. The van der Waals surface area contributed by atoms with E-state index in [2.05, 4.69) is 5.32 Å². The summed E-state index contributed by atoms with van der Waals surface area (Å²) in [5.74, 6) is -0.0332. The fourth-order valence-corrected chi connectivity index (χ4v) is 1.34. The third kappa shape index (κ3) is 3.70. The van der Waals surface area contributed by atoms with E-state index in [0.29, 0.717) is 6.54 Å². The van der Waals surface area contributed by atoms with Gasteiger partial charge in [0.2, 0.25) is 0 Å². The number of aliphatic hydroxyl groups is 1. The van der Waals surface area contributed by atoms with Gasteiger partial charge in [-0.3, -0.25) is 14.9 Å². The van der Waals surface area contributed by atoms with Gasteiger partial charge in [-0.05, 0) is 13.0 Å². The number of hydrogen-bond donors (Lipinski definition) is 2. The Morgan fingerprint density at radius 1 is 1.56 bits per heavy atom. The van der Waals surface area contributed by atoms with Crippen LogP contribution in [-0.4, -0.2) is 29.1 Å². The molecule has 0 radical (unpaired) electrons. The highest BCUT2D eigenvalue weighted by Crippen LogP contribution is 2.24. The Morgan fingerprint density at radius 2 is 2.28 bits per heavy atom. The van der Waals surface area contributed by atoms with E-state index in [1.165, 1.54) is 18.2 Å². The van der Waals surface area contributed by atoms with Gasteiger partial charge < -0.3 is 15.2 Å². The predicted molar refractivity (Wildman–Crippen MR) is 63.2 cm³/mol. The lowest BCUT2D eigenvalue weighted by Crippen LogP contribution is -2.28. The van der Waals surface area contributed by atoms with E-state index < -0.39 is 11.5 Å². The molecular formula is C11H14N2O5. The molecule has 98 valence electrons. The third-order valence-electron chi connectivity index (χ3n) is 2.16. The molecule has 0 spiro atoms. The first-order valence-electron chi connectivity index (χ1n) is 5.36. The minimum atomic E-state index is -0.563. The molecule has 0 atom stereocenters. The predicted octanol–water partition coefficient (Wildman–Crippen LogP) is 0.602. The number of non-ortho nitro benzene ring substituents is 1. The lowest BCUT2D eigenvalue weighted by atomic mass is 10.2. The number of nitrogens with one attached hydrogen (secondary N) is 1. The van der Waals surface area contributed by atoms with E-state index in [0.717, 1.165) is 0 Å². The molecule has 0 aliphatic rings. The number of aliphatic hydroxyl groups excluding tert-OH is 1. The zero-order chi connectivity index (χ0) is 13.5. The Morgan fingerprint density at radius 3 is 2.83 bits per heavy atom. The molecule has 0 unspecified atom stereocenters. The molecule has 18 heavy (non-hydrogen) atoms. The van der Waals surface area contributed by atoms with Crippen molar-refractivity contribution in [1.82, 2.24) is 5.32 Å². The maximum atomic E-state index is 11.2. The van der Waals surface area contributed by atoms with E-state index in [9.17, 15) is 14.9 Å². The zero-order valence-electron chi connectivity index (χ0n) is 9.88. The molecular weight excluding hydrogens is 240 g/mol. The van der Waals surface area contributed by atoms with Crippen LogP contribution in [0.5, 0.6) is 5.75 Å². The molecule has 0 aromatic heterocycles. The van der Waals surface area contributed by atoms with E-state index in [1.54, 1.807) is 6.92 Å². The van der Waals surface area contributed by atoms with E-state index >= 15 is 0 Å². The highest BCUT2D eigenvalue weighted by Gasteiger charge is 2.12. The molecule has 0 saturated heterocycles. The summed E-state index contributed by atoms with van der Waals surface area (Å²) in [6.45, 7) is 1.68. The van der Waals surface area contributed by atoms with Crippen molar-refractivity contribution < 1.29 is 19.6 Å².